The molecule has 1 aliphatic rings. The molecule has 1 saturated heterocycles. The molecular weight excluding hydrogens is 244 g/mol. The van der Waals surface area contributed by atoms with Gasteiger partial charge in [-0.05, 0) is 6.92 Å². The van der Waals surface area contributed by atoms with E-state index >= 15 is 0 Å². The van der Waals surface area contributed by atoms with Gasteiger partial charge in [0.05, 0.1) is 0 Å². The van der Waals surface area contributed by atoms with E-state index in [1.807, 2.05) is 0 Å². The van der Waals surface area contributed by atoms with Gasteiger partial charge < -0.3 is 5.32 Å². The number of hydrogen-bond donors (Lipinski definition) is 1. The summed E-state index contributed by atoms with van der Waals surface area (Å²) in [6.45, 7) is 2.99. The van der Waals surface area contributed by atoms with Crippen LogP contribution in [0.3, 0.4) is 0 Å². The molecule has 1 aromatic heterocycles. The number of rotatable bonds is 3. The van der Waals surface area contributed by atoms with E-state index in [0.29, 0.717) is 6.04 Å². The van der Waals surface area contributed by atoms with Crippen LogP contribution in [-0.2, 0) is 6.54 Å². The van der Waals surface area contributed by atoms with Crippen LogP contribution in [-0.4, -0.2) is 34.0 Å². The summed E-state index contributed by atoms with van der Waals surface area (Å²) in [5, 5.41) is 6.93. The van der Waals surface area contributed by atoms with Crippen molar-refractivity contribution in [1.29, 1.82) is 0 Å². The van der Waals surface area contributed by atoms with Crippen LogP contribution in [0.5, 0.6) is 0 Å². The first kappa shape index (κ1) is 11.8. The number of aryl methyl sites for hydroxylation is 1. The van der Waals surface area contributed by atoms with Crippen molar-refractivity contribution >= 4 is 34.9 Å². The Morgan fingerprint density at radius 3 is 2.73 bits per heavy atom. The van der Waals surface area contributed by atoms with Gasteiger partial charge in [0.15, 0.2) is 0 Å². The van der Waals surface area contributed by atoms with Gasteiger partial charge in [-0.1, -0.05) is 0 Å². The first-order valence-electron chi connectivity index (χ1n) is 5.14. The van der Waals surface area contributed by atoms with E-state index < -0.39 is 0 Å². The summed E-state index contributed by atoms with van der Waals surface area (Å²) < 4.78 is 0. The van der Waals surface area contributed by atoms with Crippen LogP contribution in [0, 0.1) is 6.92 Å². The van der Waals surface area contributed by atoms with Crippen LogP contribution in [0.1, 0.15) is 10.7 Å². The quantitative estimate of drug-likeness (QED) is 0.902. The van der Waals surface area contributed by atoms with Crippen LogP contribution >= 0.6 is 34.9 Å². The maximum atomic E-state index is 4.46. The highest BCUT2D eigenvalue weighted by molar-refractivity contribution is 8.03. The third-order valence-electron chi connectivity index (χ3n) is 2.22. The molecule has 0 bridgehead atoms. The minimum absolute atomic E-state index is 0.659. The smallest absolute Gasteiger partial charge is 0.107 e. The molecule has 0 spiro atoms. The summed E-state index contributed by atoms with van der Waals surface area (Å²) >= 11 is 5.88. The summed E-state index contributed by atoms with van der Waals surface area (Å²) in [5.41, 5.74) is 1.14. The first-order valence-corrected chi connectivity index (χ1v) is 8.33. The fraction of sp³-hybridized carbons (Fsp3) is 0.700. The van der Waals surface area contributed by atoms with E-state index in [2.05, 4.69) is 46.1 Å². The Morgan fingerprint density at radius 2 is 2.13 bits per heavy atom. The second-order valence-corrected chi connectivity index (χ2v) is 6.85. The number of thioether (sulfide) groups is 2. The van der Waals surface area contributed by atoms with Crippen molar-refractivity contribution in [2.45, 2.75) is 19.5 Å². The van der Waals surface area contributed by atoms with Gasteiger partial charge in [-0.2, -0.15) is 23.5 Å². The highest BCUT2D eigenvalue weighted by Crippen LogP contribution is 2.17. The number of nitrogens with one attached hydrogen (secondary N) is 1. The van der Waals surface area contributed by atoms with Crippen LogP contribution < -0.4 is 5.32 Å². The third-order valence-corrected chi connectivity index (χ3v) is 5.71. The zero-order valence-corrected chi connectivity index (χ0v) is 11.3. The molecule has 2 heterocycles. The molecule has 1 N–H and O–H groups in total. The van der Waals surface area contributed by atoms with Gasteiger partial charge in [-0.15, -0.1) is 11.3 Å². The Kier molecular flexibility index (Phi) is 4.81. The van der Waals surface area contributed by atoms with Crippen molar-refractivity contribution in [2.24, 2.45) is 0 Å². The van der Waals surface area contributed by atoms with E-state index in [1.54, 1.807) is 11.3 Å². The van der Waals surface area contributed by atoms with Crippen molar-refractivity contribution in [3.63, 3.8) is 0 Å². The molecule has 2 rings (SSSR count). The lowest BCUT2D eigenvalue weighted by molar-refractivity contribution is 0.601. The molecule has 0 aromatic carbocycles. The van der Waals surface area contributed by atoms with Gasteiger partial charge in [0.1, 0.15) is 5.01 Å². The van der Waals surface area contributed by atoms with Crippen molar-refractivity contribution < 1.29 is 0 Å². The Hall–Kier alpha value is 0.290. The molecule has 84 valence electrons. The summed E-state index contributed by atoms with van der Waals surface area (Å²) in [6.07, 6.45) is 0. The van der Waals surface area contributed by atoms with Gasteiger partial charge in [-0.25, -0.2) is 4.98 Å². The van der Waals surface area contributed by atoms with Crippen LogP contribution in [0.25, 0.3) is 0 Å². The lowest BCUT2D eigenvalue weighted by Gasteiger charge is -2.13. The molecule has 1 fully saturated rings. The predicted molar refractivity (Wildman–Crippen MR) is 72.1 cm³/mol. The molecule has 0 amide bonds. The molecule has 0 radical (unpaired) electrons. The minimum Gasteiger partial charge on any atom is -0.306 e. The molecule has 0 unspecified atom stereocenters. The number of thiazole rings is 1. The molecule has 1 aromatic rings. The maximum absolute atomic E-state index is 4.46. The summed E-state index contributed by atoms with van der Waals surface area (Å²) in [4.78, 5) is 4.46. The van der Waals surface area contributed by atoms with Crippen LogP contribution in [0.2, 0.25) is 0 Å². The molecule has 2 nitrogen and oxygen atoms in total. The molecule has 1 aliphatic heterocycles. The Balaban J connectivity index is 1.76. The van der Waals surface area contributed by atoms with Crippen molar-refractivity contribution in [1.82, 2.24) is 10.3 Å². The largest absolute Gasteiger partial charge is 0.306 e. The Morgan fingerprint density at radius 1 is 1.40 bits per heavy atom. The molecular formula is C10H16N2S3. The zero-order chi connectivity index (χ0) is 10.5. The highest BCUT2D eigenvalue weighted by Gasteiger charge is 2.12. The number of hydrogen-bond acceptors (Lipinski definition) is 5. The average Bonchev–Trinajstić information content (AvgIpc) is 2.52. The molecule has 5 heteroatoms. The first-order chi connectivity index (χ1) is 7.34. The average molecular weight is 260 g/mol. The summed E-state index contributed by atoms with van der Waals surface area (Å²) in [6, 6.07) is 0.659. The van der Waals surface area contributed by atoms with Gasteiger partial charge in [0.2, 0.25) is 0 Å². The maximum Gasteiger partial charge on any atom is 0.107 e. The van der Waals surface area contributed by atoms with E-state index in [4.69, 9.17) is 0 Å². The van der Waals surface area contributed by atoms with Gasteiger partial charge in [0.25, 0.3) is 0 Å². The Bertz CT molecular complexity index is 293. The monoisotopic (exact) mass is 260 g/mol. The summed E-state index contributed by atoms with van der Waals surface area (Å²) in [5.74, 6) is 5.10. The Labute approximate surface area is 104 Å². The van der Waals surface area contributed by atoms with Gasteiger partial charge in [0, 0.05) is 46.7 Å². The number of aromatic nitrogens is 1. The second kappa shape index (κ2) is 6.13. The number of nitrogens with zero attached hydrogens (tertiary/aromatic N) is 1. The second-order valence-electron chi connectivity index (χ2n) is 3.61. The van der Waals surface area contributed by atoms with E-state index in [-0.39, 0.29) is 0 Å². The fourth-order valence-corrected chi connectivity index (χ4v) is 4.64. The minimum atomic E-state index is 0.659. The van der Waals surface area contributed by atoms with E-state index in [0.717, 1.165) is 12.2 Å². The molecule has 0 aliphatic carbocycles. The van der Waals surface area contributed by atoms with Crippen molar-refractivity contribution in [3.8, 4) is 0 Å². The van der Waals surface area contributed by atoms with E-state index in [1.165, 1.54) is 28.0 Å². The van der Waals surface area contributed by atoms with Crippen molar-refractivity contribution in [3.05, 3.63) is 16.1 Å². The lowest BCUT2D eigenvalue weighted by atomic mass is 10.4. The normalized spacial score (nSPS) is 19.0. The van der Waals surface area contributed by atoms with Gasteiger partial charge >= 0.3 is 0 Å². The standard InChI is InChI=1S/C10H16N2S3/c1-8-5-15-10(12-8)4-11-9-6-13-2-3-14-7-9/h5,9,11H,2-4,6-7H2,1H3. The fourth-order valence-electron chi connectivity index (χ4n) is 1.45. The molecule has 15 heavy (non-hydrogen) atoms. The topological polar surface area (TPSA) is 24.9 Å². The van der Waals surface area contributed by atoms with Crippen LogP contribution in [0.15, 0.2) is 5.38 Å². The lowest BCUT2D eigenvalue weighted by Crippen LogP contribution is -2.32. The SMILES string of the molecule is Cc1csc(CNC2CSCCSC2)n1. The predicted octanol–water partition coefficient (Wildman–Crippen LogP) is 2.39. The summed E-state index contributed by atoms with van der Waals surface area (Å²) in [7, 11) is 0. The van der Waals surface area contributed by atoms with E-state index in [9.17, 15) is 0 Å². The highest BCUT2D eigenvalue weighted by atomic mass is 32.2. The van der Waals surface area contributed by atoms with Gasteiger partial charge in [-0.3, -0.25) is 0 Å². The molecule has 0 atom stereocenters. The van der Waals surface area contributed by atoms with Crippen molar-refractivity contribution in [2.75, 3.05) is 23.0 Å². The third kappa shape index (κ3) is 3.98. The zero-order valence-electron chi connectivity index (χ0n) is 8.86. The molecule has 0 saturated carbocycles. The van der Waals surface area contributed by atoms with Crippen LogP contribution in [0.4, 0.5) is 0 Å².